The van der Waals surface area contributed by atoms with E-state index in [1.165, 1.54) is 0 Å². The van der Waals surface area contributed by atoms with Crippen molar-refractivity contribution in [3.05, 3.63) is 0 Å². The molecule has 0 N–H and O–H groups in total. The average Bonchev–Trinajstić information content (AvgIpc) is 2.09. The van der Waals surface area contributed by atoms with E-state index in [-0.39, 0.29) is 0 Å². The molecule has 0 radical (unpaired) electrons. The Balaban J connectivity index is 4.12. The molecule has 0 fully saturated rings. The van der Waals surface area contributed by atoms with E-state index in [4.69, 9.17) is 0 Å². The Labute approximate surface area is 88.7 Å². The second-order valence-electron chi connectivity index (χ2n) is 4.64. The van der Waals surface area contributed by atoms with Crippen molar-refractivity contribution in [3.8, 4) is 0 Å². The van der Waals surface area contributed by atoms with Crippen LogP contribution < -0.4 is 0 Å². The first-order chi connectivity index (χ1) is 6.49. The third-order valence-corrected chi connectivity index (χ3v) is 2.25. The molecule has 1 amide bonds. The van der Waals surface area contributed by atoms with E-state index < -0.39 is 0 Å². The maximum atomic E-state index is 11.8. The fourth-order valence-electron chi connectivity index (χ4n) is 1.47. The summed E-state index contributed by atoms with van der Waals surface area (Å²) < 4.78 is 0. The van der Waals surface area contributed by atoms with Gasteiger partial charge in [0, 0.05) is 19.0 Å². The molecule has 0 bridgehead atoms. The normalized spacial score (nSPS) is 11.1. The predicted octanol–water partition coefficient (Wildman–Crippen LogP) is 3.07. The Morgan fingerprint density at radius 2 is 1.79 bits per heavy atom. The number of hydrogen-bond acceptors (Lipinski definition) is 1. The van der Waals surface area contributed by atoms with Crippen LogP contribution in [-0.2, 0) is 4.79 Å². The summed E-state index contributed by atoms with van der Waals surface area (Å²) in [7, 11) is 0. The van der Waals surface area contributed by atoms with Crippen molar-refractivity contribution in [2.45, 2.75) is 59.9 Å². The summed E-state index contributed by atoms with van der Waals surface area (Å²) in [6, 6.07) is 0.335. The van der Waals surface area contributed by atoms with Crippen LogP contribution in [0.15, 0.2) is 0 Å². The highest BCUT2D eigenvalue weighted by Gasteiger charge is 2.16. The molecule has 0 saturated heterocycles. The van der Waals surface area contributed by atoms with Gasteiger partial charge in [-0.2, -0.15) is 0 Å². The van der Waals surface area contributed by atoms with Crippen molar-refractivity contribution in [3.63, 3.8) is 0 Å². The summed E-state index contributed by atoms with van der Waals surface area (Å²) in [4.78, 5) is 13.8. The molecule has 0 aliphatic rings. The molecule has 0 saturated carbocycles. The van der Waals surface area contributed by atoms with Gasteiger partial charge in [-0.1, -0.05) is 27.2 Å². The number of amides is 1. The maximum Gasteiger partial charge on any atom is 0.222 e. The van der Waals surface area contributed by atoms with Crippen molar-refractivity contribution in [2.75, 3.05) is 6.54 Å². The van der Waals surface area contributed by atoms with Gasteiger partial charge in [-0.05, 0) is 26.2 Å². The van der Waals surface area contributed by atoms with E-state index in [1.807, 2.05) is 4.90 Å². The van der Waals surface area contributed by atoms with Crippen molar-refractivity contribution in [2.24, 2.45) is 5.92 Å². The largest absolute Gasteiger partial charge is 0.340 e. The van der Waals surface area contributed by atoms with Crippen LogP contribution in [0.5, 0.6) is 0 Å². The van der Waals surface area contributed by atoms with Crippen LogP contribution in [0.3, 0.4) is 0 Å². The number of carbonyl (C=O) groups is 1. The van der Waals surface area contributed by atoms with E-state index in [0.717, 1.165) is 19.4 Å². The zero-order valence-electron chi connectivity index (χ0n) is 10.3. The van der Waals surface area contributed by atoms with Crippen LogP contribution in [0.2, 0.25) is 0 Å². The van der Waals surface area contributed by atoms with Crippen molar-refractivity contribution < 1.29 is 4.79 Å². The smallest absolute Gasteiger partial charge is 0.222 e. The number of unbranched alkanes of at least 4 members (excludes halogenated alkanes) is 1. The predicted molar refractivity (Wildman–Crippen MR) is 61.2 cm³/mol. The minimum atomic E-state index is 0.315. The fourth-order valence-corrected chi connectivity index (χ4v) is 1.47. The third kappa shape index (κ3) is 5.25. The molecule has 0 unspecified atom stereocenters. The number of carbonyl (C=O) groups excluding carboxylic acids is 1. The highest BCUT2D eigenvalue weighted by atomic mass is 16.2. The van der Waals surface area contributed by atoms with Crippen LogP contribution >= 0.6 is 0 Å². The molecule has 14 heavy (non-hydrogen) atoms. The molecule has 0 spiro atoms. The Bertz CT molecular complexity index is 164. The second-order valence-corrected chi connectivity index (χ2v) is 4.64. The molecule has 2 heteroatoms. The van der Waals surface area contributed by atoms with Crippen molar-refractivity contribution in [1.82, 2.24) is 4.90 Å². The van der Waals surface area contributed by atoms with Gasteiger partial charge in [0.15, 0.2) is 0 Å². The van der Waals surface area contributed by atoms with Gasteiger partial charge >= 0.3 is 0 Å². The average molecular weight is 199 g/mol. The molecule has 0 rings (SSSR count). The molecule has 0 atom stereocenters. The van der Waals surface area contributed by atoms with E-state index in [1.54, 1.807) is 0 Å². The summed E-state index contributed by atoms with van der Waals surface area (Å²) in [6.07, 6.45) is 2.82. The Kier molecular flexibility index (Phi) is 6.60. The molecule has 0 aliphatic heterocycles. The van der Waals surface area contributed by atoms with Crippen molar-refractivity contribution >= 4 is 5.91 Å². The first kappa shape index (κ1) is 13.5. The molecule has 0 aliphatic carbocycles. The molecular formula is C12H25NO. The minimum Gasteiger partial charge on any atom is -0.340 e. The van der Waals surface area contributed by atoms with Gasteiger partial charge in [0.05, 0.1) is 0 Å². The zero-order valence-corrected chi connectivity index (χ0v) is 10.3. The van der Waals surface area contributed by atoms with Gasteiger partial charge in [0.25, 0.3) is 0 Å². The lowest BCUT2D eigenvalue weighted by atomic mass is 10.1. The molecule has 0 aromatic rings. The summed E-state index contributed by atoms with van der Waals surface area (Å²) in [5.41, 5.74) is 0. The summed E-state index contributed by atoms with van der Waals surface area (Å²) in [5.74, 6) is 0.874. The maximum absolute atomic E-state index is 11.8. The molecule has 0 aromatic carbocycles. The third-order valence-electron chi connectivity index (χ3n) is 2.25. The monoisotopic (exact) mass is 199 g/mol. The van der Waals surface area contributed by atoms with Gasteiger partial charge in [-0.25, -0.2) is 0 Å². The highest BCUT2D eigenvalue weighted by Crippen LogP contribution is 2.08. The quantitative estimate of drug-likeness (QED) is 0.644. The standard InChI is InChI=1S/C12H25NO/c1-6-7-8-12(14)13(11(4)5)9-10(2)3/h10-11H,6-9H2,1-5H3. The SMILES string of the molecule is CCCCC(=O)N(CC(C)C)C(C)C. The lowest BCUT2D eigenvalue weighted by molar-refractivity contribution is -0.133. The summed E-state index contributed by atoms with van der Waals surface area (Å²) >= 11 is 0. The van der Waals surface area contributed by atoms with Gasteiger partial charge in [-0.3, -0.25) is 4.79 Å². The molecular weight excluding hydrogens is 174 g/mol. The second kappa shape index (κ2) is 6.86. The first-order valence-electron chi connectivity index (χ1n) is 5.78. The Morgan fingerprint density at radius 3 is 2.14 bits per heavy atom. The lowest BCUT2D eigenvalue weighted by Gasteiger charge is -2.28. The molecule has 0 aromatic heterocycles. The van der Waals surface area contributed by atoms with Gasteiger partial charge < -0.3 is 4.90 Å². The van der Waals surface area contributed by atoms with Crippen LogP contribution in [0.1, 0.15) is 53.9 Å². The van der Waals surface area contributed by atoms with E-state index in [2.05, 4.69) is 34.6 Å². The number of nitrogens with zero attached hydrogens (tertiary/aromatic N) is 1. The Hall–Kier alpha value is -0.530. The van der Waals surface area contributed by atoms with Gasteiger partial charge in [0.2, 0.25) is 5.91 Å². The minimum absolute atomic E-state index is 0.315. The van der Waals surface area contributed by atoms with E-state index >= 15 is 0 Å². The molecule has 2 nitrogen and oxygen atoms in total. The van der Waals surface area contributed by atoms with Gasteiger partial charge in [-0.15, -0.1) is 0 Å². The lowest BCUT2D eigenvalue weighted by Crippen LogP contribution is -2.39. The summed E-state index contributed by atoms with van der Waals surface area (Å²) in [5, 5.41) is 0. The molecule has 84 valence electrons. The van der Waals surface area contributed by atoms with Crippen LogP contribution in [0.4, 0.5) is 0 Å². The van der Waals surface area contributed by atoms with Crippen LogP contribution in [0, 0.1) is 5.92 Å². The van der Waals surface area contributed by atoms with Crippen molar-refractivity contribution in [1.29, 1.82) is 0 Å². The molecule has 0 heterocycles. The van der Waals surface area contributed by atoms with E-state index in [9.17, 15) is 4.79 Å². The summed E-state index contributed by atoms with van der Waals surface area (Å²) in [6.45, 7) is 11.5. The highest BCUT2D eigenvalue weighted by molar-refractivity contribution is 5.76. The topological polar surface area (TPSA) is 20.3 Å². The fraction of sp³-hybridized carbons (Fsp3) is 0.917. The zero-order chi connectivity index (χ0) is 11.1. The van der Waals surface area contributed by atoms with Gasteiger partial charge in [0.1, 0.15) is 0 Å². The Morgan fingerprint density at radius 1 is 1.21 bits per heavy atom. The van der Waals surface area contributed by atoms with E-state index in [0.29, 0.717) is 24.3 Å². The van der Waals surface area contributed by atoms with Crippen LogP contribution in [0.25, 0.3) is 0 Å². The first-order valence-corrected chi connectivity index (χ1v) is 5.78. The van der Waals surface area contributed by atoms with Crippen LogP contribution in [-0.4, -0.2) is 23.4 Å². The number of hydrogen-bond donors (Lipinski definition) is 0. The number of rotatable bonds is 6.